The van der Waals surface area contributed by atoms with Crippen LogP contribution in [0.15, 0.2) is 24.3 Å². The lowest BCUT2D eigenvalue weighted by molar-refractivity contribution is -0.0498. The number of aliphatic hydroxyl groups is 1. The zero-order chi connectivity index (χ0) is 14.1. The van der Waals surface area contributed by atoms with Crippen molar-refractivity contribution in [2.45, 2.75) is 58.2 Å². The number of rotatable bonds is 9. The normalized spacial score (nSPS) is 12.7. The molecule has 0 saturated carbocycles. The number of hydrogen-bond donors (Lipinski definition) is 1. The molecule has 108 valence electrons. The third-order valence-electron chi connectivity index (χ3n) is 3.07. The van der Waals surface area contributed by atoms with Gasteiger partial charge < -0.3 is 9.84 Å². The van der Waals surface area contributed by atoms with E-state index in [-0.39, 0.29) is 5.75 Å². The van der Waals surface area contributed by atoms with Crippen molar-refractivity contribution in [3.63, 3.8) is 0 Å². The van der Waals surface area contributed by atoms with Crippen molar-refractivity contribution in [1.29, 1.82) is 0 Å². The minimum Gasteiger partial charge on any atom is -0.435 e. The van der Waals surface area contributed by atoms with E-state index in [2.05, 4.69) is 11.7 Å². The van der Waals surface area contributed by atoms with Crippen molar-refractivity contribution in [1.82, 2.24) is 0 Å². The number of halogens is 2. The largest absolute Gasteiger partial charge is 0.435 e. The molecule has 0 spiro atoms. The fraction of sp³-hybridized carbons (Fsp3) is 0.600. The van der Waals surface area contributed by atoms with Crippen LogP contribution in [0.2, 0.25) is 0 Å². The lowest BCUT2D eigenvalue weighted by atomic mass is 10.0. The molecule has 2 nitrogen and oxygen atoms in total. The molecule has 1 rings (SSSR count). The summed E-state index contributed by atoms with van der Waals surface area (Å²) < 4.78 is 28.2. The molecule has 0 aliphatic rings. The fourth-order valence-electron chi connectivity index (χ4n) is 1.98. The van der Waals surface area contributed by atoms with Gasteiger partial charge in [-0.3, -0.25) is 0 Å². The average Bonchev–Trinajstić information content (AvgIpc) is 2.38. The van der Waals surface area contributed by atoms with Gasteiger partial charge in [-0.2, -0.15) is 8.78 Å². The summed E-state index contributed by atoms with van der Waals surface area (Å²) in [7, 11) is 0. The van der Waals surface area contributed by atoms with Crippen molar-refractivity contribution in [2.24, 2.45) is 0 Å². The van der Waals surface area contributed by atoms with Gasteiger partial charge in [0.25, 0.3) is 0 Å². The molecule has 0 bridgehead atoms. The van der Waals surface area contributed by atoms with Crippen molar-refractivity contribution in [3.05, 3.63) is 29.8 Å². The minimum atomic E-state index is -2.81. The summed E-state index contributed by atoms with van der Waals surface area (Å²) in [6, 6.07) is 6.19. The van der Waals surface area contributed by atoms with Crippen molar-refractivity contribution in [2.75, 3.05) is 0 Å². The number of unbranched alkanes of at least 4 members (excludes halogenated alkanes) is 4. The maximum atomic E-state index is 12.0. The first-order valence-corrected chi connectivity index (χ1v) is 6.86. The summed E-state index contributed by atoms with van der Waals surface area (Å²) in [5, 5.41) is 9.96. The Kier molecular flexibility index (Phi) is 7.41. The zero-order valence-corrected chi connectivity index (χ0v) is 11.3. The molecule has 1 aromatic rings. The number of alkyl halides is 2. The van der Waals surface area contributed by atoms with E-state index in [1.54, 1.807) is 12.1 Å². The first-order chi connectivity index (χ1) is 9.13. The van der Waals surface area contributed by atoms with Gasteiger partial charge in [0, 0.05) is 0 Å². The molecule has 0 heterocycles. The second-order valence-corrected chi connectivity index (χ2v) is 4.67. The lowest BCUT2D eigenvalue weighted by Crippen LogP contribution is -2.02. The molecule has 1 N–H and O–H groups in total. The van der Waals surface area contributed by atoms with Gasteiger partial charge in [0.1, 0.15) is 5.75 Å². The summed E-state index contributed by atoms with van der Waals surface area (Å²) in [6.45, 7) is -0.646. The van der Waals surface area contributed by atoms with Gasteiger partial charge in [-0.05, 0) is 24.1 Å². The Morgan fingerprint density at radius 1 is 1.05 bits per heavy atom. The summed E-state index contributed by atoms with van der Waals surface area (Å²) in [4.78, 5) is 0. The molecule has 0 aliphatic heterocycles. The van der Waals surface area contributed by atoms with E-state index in [1.807, 2.05) is 0 Å². The highest BCUT2D eigenvalue weighted by Crippen LogP contribution is 2.23. The van der Waals surface area contributed by atoms with E-state index in [4.69, 9.17) is 0 Å². The van der Waals surface area contributed by atoms with Crippen LogP contribution in [0.5, 0.6) is 5.75 Å². The quantitative estimate of drug-likeness (QED) is 0.661. The Labute approximate surface area is 113 Å². The Bertz CT molecular complexity index is 339. The second kappa shape index (κ2) is 8.86. The first kappa shape index (κ1) is 15.9. The smallest absolute Gasteiger partial charge is 0.387 e. The number of aliphatic hydroxyl groups excluding tert-OH is 1. The SMILES string of the molecule is CCCCCCCC(O)c1ccc(OC(F)F)cc1. The molecule has 19 heavy (non-hydrogen) atoms. The summed E-state index contributed by atoms with van der Waals surface area (Å²) in [6.07, 6.45) is 5.92. The Morgan fingerprint density at radius 3 is 2.26 bits per heavy atom. The number of benzene rings is 1. The van der Waals surface area contributed by atoms with Crippen LogP contribution >= 0.6 is 0 Å². The van der Waals surface area contributed by atoms with Crippen LogP contribution in [0.25, 0.3) is 0 Å². The van der Waals surface area contributed by atoms with Crippen LogP contribution in [0.3, 0.4) is 0 Å². The van der Waals surface area contributed by atoms with Crippen molar-refractivity contribution in [3.8, 4) is 5.75 Å². The molecule has 1 aromatic carbocycles. The van der Waals surface area contributed by atoms with Crippen LogP contribution in [-0.4, -0.2) is 11.7 Å². The molecule has 0 amide bonds. The minimum absolute atomic E-state index is 0.119. The monoisotopic (exact) mass is 272 g/mol. The zero-order valence-electron chi connectivity index (χ0n) is 11.3. The van der Waals surface area contributed by atoms with E-state index in [9.17, 15) is 13.9 Å². The number of ether oxygens (including phenoxy) is 1. The molecule has 4 heteroatoms. The molecule has 1 unspecified atom stereocenters. The Hall–Kier alpha value is -1.16. The van der Waals surface area contributed by atoms with Gasteiger partial charge in [0.2, 0.25) is 0 Å². The fourth-order valence-corrected chi connectivity index (χ4v) is 1.98. The Morgan fingerprint density at radius 2 is 1.68 bits per heavy atom. The van der Waals surface area contributed by atoms with Gasteiger partial charge in [-0.15, -0.1) is 0 Å². The van der Waals surface area contributed by atoms with Gasteiger partial charge in [-0.1, -0.05) is 51.2 Å². The maximum absolute atomic E-state index is 12.0. The molecule has 0 aliphatic carbocycles. The number of hydrogen-bond acceptors (Lipinski definition) is 2. The molecule has 0 aromatic heterocycles. The predicted octanol–water partition coefficient (Wildman–Crippen LogP) is 4.68. The summed E-state index contributed by atoms with van der Waals surface area (Å²) in [5.74, 6) is 0.119. The molecule has 0 radical (unpaired) electrons. The van der Waals surface area contributed by atoms with E-state index in [1.165, 1.54) is 31.4 Å². The first-order valence-electron chi connectivity index (χ1n) is 6.86. The van der Waals surface area contributed by atoms with E-state index in [0.717, 1.165) is 18.4 Å². The van der Waals surface area contributed by atoms with E-state index >= 15 is 0 Å². The Balaban J connectivity index is 2.33. The second-order valence-electron chi connectivity index (χ2n) is 4.67. The predicted molar refractivity (Wildman–Crippen MR) is 71.4 cm³/mol. The molecule has 0 fully saturated rings. The van der Waals surface area contributed by atoms with Gasteiger partial charge >= 0.3 is 6.61 Å². The summed E-state index contributed by atoms with van der Waals surface area (Å²) >= 11 is 0. The highest BCUT2D eigenvalue weighted by atomic mass is 19.3. The van der Waals surface area contributed by atoms with Crippen LogP contribution in [0.1, 0.15) is 57.1 Å². The lowest BCUT2D eigenvalue weighted by Gasteiger charge is -2.12. The molecule has 0 saturated heterocycles. The van der Waals surface area contributed by atoms with Crippen LogP contribution in [0, 0.1) is 0 Å². The van der Waals surface area contributed by atoms with Crippen molar-refractivity contribution >= 4 is 0 Å². The molecule has 1 atom stereocenters. The topological polar surface area (TPSA) is 29.5 Å². The third-order valence-corrected chi connectivity index (χ3v) is 3.07. The maximum Gasteiger partial charge on any atom is 0.387 e. The van der Waals surface area contributed by atoms with Crippen LogP contribution in [-0.2, 0) is 0 Å². The highest BCUT2D eigenvalue weighted by Gasteiger charge is 2.08. The van der Waals surface area contributed by atoms with E-state index < -0.39 is 12.7 Å². The standard InChI is InChI=1S/C15H22F2O2/c1-2-3-4-5-6-7-14(18)12-8-10-13(11-9-12)19-15(16)17/h8-11,14-15,18H,2-7H2,1H3. The van der Waals surface area contributed by atoms with Gasteiger partial charge in [0.15, 0.2) is 0 Å². The van der Waals surface area contributed by atoms with Crippen molar-refractivity contribution < 1.29 is 18.6 Å². The van der Waals surface area contributed by atoms with Gasteiger partial charge in [-0.25, -0.2) is 0 Å². The van der Waals surface area contributed by atoms with Gasteiger partial charge in [0.05, 0.1) is 6.10 Å². The highest BCUT2D eigenvalue weighted by molar-refractivity contribution is 5.28. The summed E-state index contributed by atoms with van der Waals surface area (Å²) in [5.41, 5.74) is 0.747. The van der Waals surface area contributed by atoms with Crippen LogP contribution < -0.4 is 4.74 Å². The van der Waals surface area contributed by atoms with Crippen LogP contribution in [0.4, 0.5) is 8.78 Å². The molecular formula is C15H22F2O2. The average molecular weight is 272 g/mol. The third kappa shape index (κ3) is 6.53. The molecular weight excluding hydrogens is 250 g/mol. The van der Waals surface area contributed by atoms with E-state index in [0.29, 0.717) is 6.42 Å².